The zero-order chi connectivity index (χ0) is 21.8. The summed E-state index contributed by atoms with van der Waals surface area (Å²) in [6.45, 7) is 6.03. The van der Waals surface area contributed by atoms with Gasteiger partial charge in [-0.25, -0.2) is 0 Å². The predicted octanol–water partition coefficient (Wildman–Crippen LogP) is 4.62. The molecular formula is C23H28O6. The SMILES string of the molecule is COc1cc(C(=O)/C=C/c2cc(OC)c(OC)c(OC)c2)c(O)cc1C(C)(C)C. The Hall–Kier alpha value is -3.15. The summed E-state index contributed by atoms with van der Waals surface area (Å²) < 4.78 is 21.4. The van der Waals surface area contributed by atoms with E-state index in [9.17, 15) is 9.90 Å². The fourth-order valence-corrected chi connectivity index (χ4v) is 2.98. The zero-order valence-electron chi connectivity index (χ0n) is 18.0. The van der Waals surface area contributed by atoms with Crippen LogP contribution in [0, 0.1) is 0 Å². The molecule has 156 valence electrons. The molecule has 2 aromatic carbocycles. The molecule has 29 heavy (non-hydrogen) atoms. The number of carbonyl (C=O) groups excluding carboxylic acids is 1. The highest BCUT2D eigenvalue weighted by atomic mass is 16.5. The largest absolute Gasteiger partial charge is 0.507 e. The smallest absolute Gasteiger partial charge is 0.203 e. The molecule has 0 heterocycles. The number of rotatable bonds is 7. The van der Waals surface area contributed by atoms with Crippen LogP contribution < -0.4 is 18.9 Å². The van der Waals surface area contributed by atoms with Gasteiger partial charge in [0.15, 0.2) is 17.3 Å². The van der Waals surface area contributed by atoms with E-state index >= 15 is 0 Å². The first kappa shape index (κ1) is 22.1. The Morgan fingerprint density at radius 2 is 1.41 bits per heavy atom. The van der Waals surface area contributed by atoms with Gasteiger partial charge in [-0.2, -0.15) is 0 Å². The molecule has 0 saturated heterocycles. The highest BCUT2D eigenvalue weighted by Gasteiger charge is 2.23. The molecule has 6 heteroatoms. The molecular weight excluding hydrogens is 372 g/mol. The summed E-state index contributed by atoms with van der Waals surface area (Å²) in [6.07, 6.45) is 3.00. The summed E-state index contributed by atoms with van der Waals surface area (Å²) in [5, 5.41) is 10.4. The number of benzene rings is 2. The summed E-state index contributed by atoms with van der Waals surface area (Å²) in [7, 11) is 6.12. The van der Waals surface area contributed by atoms with Crippen LogP contribution in [0.15, 0.2) is 30.3 Å². The Balaban J connectivity index is 2.41. The molecule has 0 aliphatic heterocycles. The van der Waals surface area contributed by atoms with E-state index in [0.29, 0.717) is 28.6 Å². The van der Waals surface area contributed by atoms with Gasteiger partial charge in [-0.1, -0.05) is 26.8 Å². The van der Waals surface area contributed by atoms with Gasteiger partial charge in [0.05, 0.1) is 34.0 Å². The quantitative estimate of drug-likeness (QED) is 0.540. The number of hydrogen-bond donors (Lipinski definition) is 1. The van der Waals surface area contributed by atoms with Gasteiger partial charge in [0.1, 0.15) is 11.5 Å². The molecule has 0 aliphatic rings. The zero-order valence-corrected chi connectivity index (χ0v) is 18.0. The number of methoxy groups -OCH3 is 4. The Labute approximate surface area is 171 Å². The van der Waals surface area contributed by atoms with Crippen LogP contribution in [0.5, 0.6) is 28.7 Å². The number of phenols is 1. The summed E-state index contributed by atoms with van der Waals surface area (Å²) in [4.78, 5) is 12.7. The minimum Gasteiger partial charge on any atom is -0.507 e. The van der Waals surface area contributed by atoms with Crippen molar-refractivity contribution < 1.29 is 28.8 Å². The summed E-state index contributed by atoms with van der Waals surface area (Å²) >= 11 is 0. The molecule has 6 nitrogen and oxygen atoms in total. The van der Waals surface area contributed by atoms with Gasteiger partial charge in [0.25, 0.3) is 0 Å². The van der Waals surface area contributed by atoms with Gasteiger partial charge >= 0.3 is 0 Å². The molecule has 1 N–H and O–H groups in total. The number of phenolic OH excluding ortho intramolecular Hbond substituents is 1. The van der Waals surface area contributed by atoms with Crippen molar-refractivity contribution in [1.82, 2.24) is 0 Å². The second-order valence-corrected chi connectivity index (χ2v) is 7.48. The van der Waals surface area contributed by atoms with Gasteiger partial charge in [0.2, 0.25) is 5.75 Å². The number of aromatic hydroxyl groups is 1. The van der Waals surface area contributed by atoms with Crippen molar-refractivity contribution in [2.75, 3.05) is 28.4 Å². The predicted molar refractivity (Wildman–Crippen MR) is 113 cm³/mol. The van der Waals surface area contributed by atoms with E-state index in [1.807, 2.05) is 20.8 Å². The van der Waals surface area contributed by atoms with E-state index in [-0.39, 0.29) is 22.5 Å². The average molecular weight is 400 g/mol. The van der Waals surface area contributed by atoms with E-state index in [1.54, 1.807) is 37.5 Å². The van der Waals surface area contributed by atoms with E-state index in [2.05, 4.69) is 0 Å². The first-order valence-corrected chi connectivity index (χ1v) is 9.10. The first-order valence-electron chi connectivity index (χ1n) is 9.10. The topological polar surface area (TPSA) is 74.2 Å². The van der Waals surface area contributed by atoms with Crippen LogP contribution in [0.4, 0.5) is 0 Å². The average Bonchev–Trinajstić information content (AvgIpc) is 2.70. The van der Waals surface area contributed by atoms with Gasteiger partial charge < -0.3 is 24.1 Å². The molecule has 0 unspecified atom stereocenters. The molecule has 0 atom stereocenters. The monoisotopic (exact) mass is 400 g/mol. The molecule has 0 aliphatic carbocycles. The van der Waals surface area contributed by atoms with Gasteiger partial charge in [-0.15, -0.1) is 0 Å². The van der Waals surface area contributed by atoms with Crippen molar-refractivity contribution in [3.8, 4) is 28.7 Å². The first-order chi connectivity index (χ1) is 13.7. The molecule has 2 aromatic rings. The molecule has 0 aromatic heterocycles. The number of ether oxygens (including phenoxy) is 4. The number of allylic oxidation sites excluding steroid dienone is 1. The van der Waals surface area contributed by atoms with Crippen molar-refractivity contribution in [3.05, 3.63) is 47.0 Å². The van der Waals surface area contributed by atoms with Gasteiger partial charge in [-0.05, 0) is 41.3 Å². The molecule has 0 saturated carbocycles. The minimum absolute atomic E-state index is 0.0877. The summed E-state index contributed by atoms with van der Waals surface area (Å²) in [5.41, 5.74) is 1.43. The van der Waals surface area contributed by atoms with Crippen molar-refractivity contribution in [2.24, 2.45) is 0 Å². The molecule has 0 fully saturated rings. The Morgan fingerprint density at radius 3 is 1.86 bits per heavy atom. The van der Waals surface area contributed by atoms with Crippen molar-refractivity contribution >= 4 is 11.9 Å². The number of hydrogen-bond acceptors (Lipinski definition) is 6. The van der Waals surface area contributed by atoms with Crippen LogP contribution in [0.3, 0.4) is 0 Å². The Morgan fingerprint density at radius 1 is 0.862 bits per heavy atom. The van der Waals surface area contributed by atoms with Crippen LogP contribution in [0.1, 0.15) is 42.3 Å². The Bertz CT molecular complexity index is 897. The van der Waals surface area contributed by atoms with Crippen LogP contribution in [-0.4, -0.2) is 39.3 Å². The number of ketones is 1. The van der Waals surface area contributed by atoms with E-state index in [0.717, 1.165) is 5.56 Å². The molecule has 0 spiro atoms. The third-order valence-corrected chi connectivity index (χ3v) is 4.51. The van der Waals surface area contributed by atoms with Crippen molar-refractivity contribution in [1.29, 1.82) is 0 Å². The fraction of sp³-hybridized carbons (Fsp3) is 0.348. The molecule has 0 amide bonds. The molecule has 2 rings (SSSR count). The normalized spacial score (nSPS) is 11.4. The maximum atomic E-state index is 12.7. The summed E-state index contributed by atoms with van der Waals surface area (Å²) in [6, 6.07) is 6.61. The standard InChI is InChI=1S/C23H28O6/c1-23(2,3)16-13-18(25)15(12-19(16)26-4)17(24)9-8-14-10-20(27-5)22(29-7)21(11-14)28-6/h8-13,25H,1-7H3/b9-8+. The van der Waals surface area contributed by atoms with E-state index in [1.165, 1.54) is 27.4 Å². The van der Waals surface area contributed by atoms with E-state index in [4.69, 9.17) is 18.9 Å². The highest BCUT2D eigenvalue weighted by Crippen LogP contribution is 2.39. The van der Waals surface area contributed by atoms with Crippen LogP contribution in [0.2, 0.25) is 0 Å². The third kappa shape index (κ3) is 4.83. The second kappa shape index (κ2) is 8.90. The summed E-state index contributed by atoms with van der Waals surface area (Å²) in [5.74, 6) is 1.56. The number of carbonyl (C=O) groups is 1. The molecule has 0 radical (unpaired) electrons. The van der Waals surface area contributed by atoms with E-state index < -0.39 is 0 Å². The lowest BCUT2D eigenvalue weighted by atomic mass is 9.85. The second-order valence-electron chi connectivity index (χ2n) is 7.48. The maximum Gasteiger partial charge on any atom is 0.203 e. The maximum absolute atomic E-state index is 12.7. The van der Waals surface area contributed by atoms with Crippen molar-refractivity contribution in [3.63, 3.8) is 0 Å². The lowest BCUT2D eigenvalue weighted by Gasteiger charge is -2.23. The van der Waals surface area contributed by atoms with Crippen molar-refractivity contribution in [2.45, 2.75) is 26.2 Å². The van der Waals surface area contributed by atoms with Crippen LogP contribution in [-0.2, 0) is 5.41 Å². The van der Waals surface area contributed by atoms with Crippen LogP contribution in [0.25, 0.3) is 6.08 Å². The van der Waals surface area contributed by atoms with Gasteiger partial charge in [0, 0.05) is 5.56 Å². The highest BCUT2D eigenvalue weighted by molar-refractivity contribution is 6.09. The molecule has 0 bridgehead atoms. The Kier molecular flexibility index (Phi) is 6.80. The fourth-order valence-electron chi connectivity index (χ4n) is 2.98. The lowest BCUT2D eigenvalue weighted by Crippen LogP contribution is -2.13. The third-order valence-electron chi connectivity index (χ3n) is 4.51. The lowest BCUT2D eigenvalue weighted by molar-refractivity contribution is 0.104. The van der Waals surface area contributed by atoms with Crippen LogP contribution >= 0.6 is 0 Å². The van der Waals surface area contributed by atoms with Gasteiger partial charge in [-0.3, -0.25) is 4.79 Å². The minimum atomic E-state index is -0.352.